The van der Waals surface area contributed by atoms with Gasteiger partial charge in [0.1, 0.15) is 27.9 Å². The molecule has 2 unspecified atom stereocenters. The number of nitrogens with two attached hydrogens (primary N) is 1. The lowest BCUT2D eigenvalue weighted by Crippen LogP contribution is -2.34. The third kappa shape index (κ3) is 4.11. The van der Waals surface area contributed by atoms with Crippen LogP contribution in [0.2, 0.25) is 0 Å². The molecule has 0 radical (unpaired) electrons. The summed E-state index contributed by atoms with van der Waals surface area (Å²) in [4.78, 5) is 31.5. The number of likely N-dealkylation sites (tertiary alicyclic amines) is 1. The molecule has 2 fully saturated rings. The molecule has 220 valence electrons. The van der Waals surface area contributed by atoms with Gasteiger partial charge in [-0.15, -0.1) is 0 Å². The van der Waals surface area contributed by atoms with Crippen molar-refractivity contribution in [1.29, 1.82) is 0 Å². The molecule has 43 heavy (non-hydrogen) atoms. The number of furan rings is 1. The topological polar surface area (TPSA) is 106 Å². The fraction of sp³-hybridized carbons (Fsp3) is 0.333. The number of nitrogens with zero attached hydrogens (tertiary/aromatic N) is 3. The van der Waals surface area contributed by atoms with E-state index in [1.165, 1.54) is 6.07 Å². The first-order valence-electron chi connectivity index (χ1n) is 14.9. The molecule has 2 saturated heterocycles. The summed E-state index contributed by atoms with van der Waals surface area (Å²) in [5, 5.41) is 4.80. The van der Waals surface area contributed by atoms with Crippen molar-refractivity contribution in [3.63, 3.8) is 0 Å². The second kappa shape index (κ2) is 9.82. The number of hydrogen-bond acceptors (Lipinski definition) is 7. The summed E-state index contributed by atoms with van der Waals surface area (Å²) >= 11 is 0. The van der Waals surface area contributed by atoms with Crippen LogP contribution in [0.25, 0.3) is 38.5 Å². The van der Waals surface area contributed by atoms with Crippen molar-refractivity contribution in [1.82, 2.24) is 14.8 Å². The molecule has 3 aromatic carbocycles. The lowest BCUT2D eigenvalue weighted by molar-refractivity contribution is 0.0949. The average Bonchev–Trinajstić information content (AvgIpc) is 3.71. The number of nitrogens with one attached hydrogen (secondary N) is 1. The Balaban J connectivity index is 1.30. The van der Waals surface area contributed by atoms with E-state index in [9.17, 15) is 9.59 Å². The van der Waals surface area contributed by atoms with Crippen LogP contribution in [0, 0.1) is 5.82 Å². The highest BCUT2D eigenvalue weighted by molar-refractivity contribution is 6.07. The molecule has 9 nitrogen and oxygen atoms in total. The molecule has 3 aliphatic rings. The van der Waals surface area contributed by atoms with Gasteiger partial charge >= 0.3 is 0 Å². The van der Waals surface area contributed by atoms with Crippen LogP contribution < -0.4 is 26.1 Å². The highest BCUT2D eigenvalue weighted by atomic mass is 19.1. The van der Waals surface area contributed by atoms with Crippen molar-refractivity contribution >= 4 is 44.4 Å². The van der Waals surface area contributed by atoms with Gasteiger partial charge in [-0.2, -0.15) is 0 Å². The minimum Gasteiger partial charge on any atom is -0.456 e. The van der Waals surface area contributed by atoms with Crippen LogP contribution in [0.1, 0.15) is 36.0 Å². The van der Waals surface area contributed by atoms with Crippen LogP contribution in [0.5, 0.6) is 11.5 Å². The molecule has 3 N–H and O–H groups in total. The number of aromatic nitrogens is 1. The Bertz CT molecular complexity index is 2020. The summed E-state index contributed by atoms with van der Waals surface area (Å²) in [6.07, 6.45) is 5.30. The lowest BCUT2D eigenvalue weighted by Gasteiger charge is -2.29. The van der Waals surface area contributed by atoms with Gasteiger partial charge in [-0.3, -0.25) is 9.59 Å². The molecule has 0 bridgehead atoms. The number of benzene rings is 3. The van der Waals surface area contributed by atoms with Gasteiger partial charge in [0.05, 0.1) is 11.1 Å². The molecule has 0 spiro atoms. The number of hydrogen-bond donors (Lipinski definition) is 2. The molecule has 2 atom stereocenters. The lowest BCUT2D eigenvalue weighted by atomic mass is 10.0. The highest BCUT2D eigenvalue weighted by Crippen LogP contribution is 2.48. The molecule has 0 aliphatic carbocycles. The highest BCUT2D eigenvalue weighted by Gasteiger charge is 2.33. The maximum Gasteiger partial charge on any atom is 0.256 e. The molecule has 2 aromatic heterocycles. The predicted molar refractivity (Wildman–Crippen MR) is 164 cm³/mol. The molecule has 1 amide bonds. The number of fused-ring (bicyclic) bond motifs is 5. The predicted octanol–water partition coefficient (Wildman–Crippen LogP) is 4.89. The van der Waals surface area contributed by atoms with Gasteiger partial charge in [0, 0.05) is 54.8 Å². The number of amides is 1. The quantitative estimate of drug-likeness (QED) is 0.299. The van der Waals surface area contributed by atoms with Gasteiger partial charge in [-0.25, -0.2) is 4.39 Å². The second-order valence-electron chi connectivity index (χ2n) is 12.0. The Morgan fingerprint density at radius 1 is 1.09 bits per heavy atom. The summed E-state index contributed by atoms with van der Waals surface area (Å²) < 4.78 is 30.4. The minimum absolute atomic E-state index is 0.0499. The van der Waals surface area contributed by atoms with E-state index in [1.807, 2.05) is 41.3 Å². The van der Waals surface area contributed by atoms with E-state index >= 15 is 4.39 Å². The zero-order chi connectivity index (χ0) is 29.4. The number of rotatable bonds is 5. The van der Waals surface area contributed by atoms with E-state index in [0.29, 0.717) is 48.2 Å². The van der Waals surface area contributed by atoms with Crippen molar-refractivity contribution < 1.29 is 18.3 Å². The van der Waals surface area contributed by atoms with Crippen molar-refractivity contribution in [3.8, 4) is 17.2 Å². The number of pyridine rings is 1. The molecular formula is C33H32FN5O4. The van der Waals surface area contributed by atoms with Crippen LogP contribution in [0.4, 0.5) is 10.1 Å². The van der Waals surface area contributed by atoms with Crippen molar-refractivity contribution in [3.05, 3.63) is 70.3 Å². The summed E-state index contributed by atoms with van der Waals surface area (Å²) in [5.74, 6) is -0.342. The van der Waals surface area contributed by atoms with Crippen LogP contribution in [-0.4, -0.2) is 60.7 Å². The van der Waals surface area contributed by atoms with E-state index in [1.54, 1.807) is 10.8 Å². The average molecular weight is 582 g/mol. The number of halogens is 1. The Hall–Kier alpha value is -4.41. The largest absolute Gasteiger partial charge is 0.456 e. The maximum atomic E-state index is 16.0. The van der Waals surface area contributed by atoms with Gasteiger partial charge in [0.2, 0.25) is 5.43 Å². The zero-order valence-corrected chi connectivity index (χ0v) is 23.9. The van der Waals surface area contributed by atoms with E-state index in [0.717, 1.165) is 48.6 Å². The number of ether oxygens (including phenoxy) is 1. The summed E-state index contributed by atoms with van der Waals surface area (Å²) in [5.41, 5.74) is 8.25. The number of carbonyl (C=O) groups is 1. The van der Waals surface area contributed by atoms with Gasteiger partial charge in [0.25, 0.3) is 5.91 Å². The minimum atomic E-state index is -0.583. The van der Waals surface area contributed by atoms with Crippen LogP contribution in [0.15, 0.2) is 57.9 Å². The number of carbonyl (C=O) groups excluding carboxylic acids is 1. The normalized spacial score (nSPS) is 19.8. The van der Waals surface area contributed by atoms with Crippen molar-refractivity contribution in [2.75, 3.05) is 38.1 Å². The monoisotopic (exact) mass is 581 g/mol. The third-order valence-corrected chi connectivity index (χ3v) is 9.32. The smallest absolute Gasteiger partial charge is 0.256 e. The van der Waals surface area contributed by atoms with Crippen molar-refractivity contribution in [2.24, 2.45) is 5.73 Å². The fourth-order valence-corrected chi connectivity index (χ4v) is 7.06. The molecule has 5 heterocycles. The molecule has 5 aromatic rings. The SMILES string of the molecule is CN1CCCC1CCNC(=O)c1cn2c3c(c(N4CCC(N)C4)c(F)cc3c1=O)Oc1cc3c(cc1-2)oc1ccccc13. The maximum absolute atomic E-state index is 16.0. The summed E-state index contributed by atoms with van der Waals surface area (Å²) in [7, 11) is 2.09. The molecule has 3 aliphatic heterocycles. The van der Waals surface area contributed by atoms with E-state index < -0.39 is 17.2 Å². The van der Waals surface area contributed by atoms with Crippen LogP contribution in [0.3, 0.4) is 0 Å². The van der Waals surface area contributed by atoms with E-state index in [-0.39, 0.29) is 28.4 Å². The standard InChI is InChI=1S/C33H32FN5O4/c1-37-11-4-5-19(37)8-10-36-33(41)23-17-39-25-15-27-21(20-6-2-3-7-26(20)42-27)14-28(25)43-32-29(39)22(31(23)40)13-24(34)30(32)38-12-9-18(35)16-38/h2-3,6-7,13-15,17-19H,4-5,8-12,16,35H2,1H3,(H,36,41). The molecule has 0 saturated carbocycles. The molecular weight excluding hydrogens is 549 g/mol. The van der Waals surface area contributed by atoms with Gasteiger partial charge < -0.3 is 34.6 Å². The van der Waals surface area contributed by atoms with Gasteiger partial charge in [-0.1, -0.05) is 18.2 Å². The van der Waals surface area contributed by atoms with E-state index in [2.05, 4.69) is 17.3 Å². The molecule has 8 rings (SSSR count). The Morgan fingerprint density at radius 3 is 2.74 bits per heavy atom. The Morgan fingerprint density at radius 2 is 1.95 bits per heavy atom. The second-order valence-corrected chi connectivity index (χ2v) is 12.0. The molecule has 10 heteroatoms. The fourth-order valence-electron chi connectivity index (χ4n) is 7.06. The van der Waals surface area contributed by atoms with Crippen molar-refractivity contribution in [2.45, 2.75) is 37.8 Å². The Kier molecular flexibility index (Phi) is 5.99. The number of para-hydroxylation sites is 1. The van der Waals surface area contributed by atoms with E-state index in [4.69, 9.17) is 14.9 Å². The van der Waals surface area contributed by atoms with Crippen LogP contribution in [-0.2, 0) is 0 Å². The summed E-state index contributed by atoms with van der Waals surface area (Å²) in [6, 6.07) is 13.0. The summed E-state index contributed by atoms with van der Waals surface area (Å²) in [6.45, 7) is 2.53. The number of anilines is 1. The first-order valence-corrected chi connectivity index (χ1v) is 14.9. The first-order chi connectivity index (χ1) is 20.9. The third-order valence-electron chi connectivity index (χ3n) is 9.32. The zero-order valence-electron chi connectivity index (χ0n) is 23.9. The van der Waals surface area contributed by atoms with Crippen LogP contribution >= 0.6 is 0 Å². The van der Waals surface area contributed by atoms with Gasteiger partial charge in [-0.05, 0) is 57.5 Å². The Labute approximate surface area is 246 Å². The first kappa shape index (κ1) is 26.2. The van der Waals surface area contributed by atoms with Gasteiger partial charge in [0.15, 0.2) is 17.3 Å².